The van der Waals surface area contributed by atoms with Crippen LogP contribution in [0.4, 0.5) is 0 Å². The molecule has 0 fully saturated rings. The smallest absolute Gasteiger partial charge is 0.257 e. The van der Waals surface area contributed by atoms with Gasteiger partial charge in [-0.25, -0.2) is 0 Å². The minimum absolute atomic E-state index is 0.105. The summed E-state index contributed by atoms with van der Waals surface area (Å²) in [5.74, 6) is -0.398. The molecule has 0 aliphatic heterocycles. The molecule has 3 aromatic rings. The van der Waals surface area contributed by atoms with Gasteiger partial charge in [-0.05, 0) is 37.1 Å². The second kappa shape index (κ2) is 9.30. The van der Waals surface area contributed by atoms with Gasteiger partial charge in [-0.2, -0.15) is 0 Å². The van der Waals surface area contributed by atoms with Crippen molar-refractivity contribution in [3.05, 3.63) is 81.6 Å². The number of nitrogens with one attached hydrogen (secondary N) is 2. The zero-order valence-corrected chi connectivity index (χ0v) is 16.0. The molecule has 2 aromatic carbocycles. The second-order valence-electron chi connectivity index (χ2n) is 6.41. The average molecular weight is 380 g/mol. The first kappa shape index (κ1) is 19.8. The lowest BCUT2D eigenvalue weighted by Crippen LogP contribution is -2.28. The number of amides is 1. The fourth-order valence-electron chi connectivity index (χ4n) is 2.86. The number of carbonyl (C=O) groups excluding carboxylic acids is 1. The lowest BCUT2D eigenvalue weighted by molar-refractivity contribution is -0.134. The molecule has 2 N–H and O–H groups in total. The lowest BCUT2D eigenvalue weighted by atomic mass is 10.1. The Hall–Kier alpha value is -2.96. The van der Waals surface area contributed by atoms with Crippen LogP contribution in [0.1, 0.15) is 35.3 Å². The molecule has 1 unspecified atom stereocenters. The van der Waals surface area contributed by atoms with Crippen molar-refractivity contribution in [2.24, 2.45) is 0 Å². The highest BCUT2D eigenvalue weighted by Crippen LogP contribution is 2.09. The molecule has 6 heteroatoms. The third-order valence-electron chi connectivity index (χ3n) is 4.40. The molecule has 1 amide bonds. The molecule has 1 atom stereocenters. The van der Waals surface area contributed by atoms with Gasteiger partial charge in [0.2, 0.25) is 5.43 Å². The fourth-order valence-corrected chi connectivity index (χ4v) is 2.86. The number of hydrogen-bond acceptors (Lipinski definition) is 4. The van der Waals surface area contributed by atoms with Gasteiger partial charge >= 0.3 is 0 Å². The Morgan fingerprint density at radius 3 is 2.54 bits per heavy atom. The normalized spacial score (nSPS) is 12.1. The Morgan fingerprint density at radius 2 is 1.79 bits per heavy atom. The first-order valence-electron chi connectivity index (χ1n) is 9.28. The number of ether oxygens (including phenoxy) is 2. The van der Waals surface area contributed by atoms with Gasteiger partial charge in [0, 0.05) is 30.3 Å². The van der Waals surface area contributed by atoms with Crippen LogP contribution in [0, 0.1) is 0 Å². The van der Waals surface area contributed by atoms with Crippen molar-refractivity contribution in [2.45, 2.75) is 33.3 Å². The number of H-pyrrole nitrogens is 1. The van der Waals surface area contributed by atoms with Gasteiger partial charge in [0.25, 0.3) is 5.91 Å². The van der Waals surface area contributed by atoms with Crippen molar-refractivity contribution in [2.75, 3.05) is 6.61 Å². The number of para-hydroxylation sites is 1. The number of benzene rings is 2. The summed E-state index contributed by atoms with van der Waals surface area (Å²) in [5.41, 5.74) is 2.50. The molecule has 1 heterocycles. The number of carbonyl (C=O) groups is 1. The summed E-state index contributed by atoms with van der Waals surface area (Å²) in [5, 5.41) is 3.30. The van der Waals surface area contributed by atoms with Crippen molar-refractivity contribution >= 4 is 16.8 Å². The molecule has 0 radical (unpaired) electrons. The van der Waals surface area contributed by atoms with E-state index in [4.69, 9.17) is 9.47 Å². The van der Waals surface area contributed by atoms with Crippen LogP contribution in [0.15, 0.2) is 59.5 Å². The lowest BCUT2D eigenvalue weighted by Gasteiger charge is -2.13. The van der Waals surface area contributed by atoms with E-state index in [0.717, 1.165) is 11.1 Å². The third-order valence-corrected chi connectivity index (χ3v) is 4.40. The largest absolute Gasteiger partial charge is 0.360 e. The van der Waals surface area contributed by atoms with Crippen LogP contribution in [-0.4, -0.2) is 23.8 Å². The Bertz CT molecular complexity index is 995. The van der Waals surface area contributed by atoms with Crippen molar-refractivity contribution in [1.82, 2.24) is 10.3 Å². The van der Waals surface area contributed by atoms with Gasteiger partial charge in [-0.1, -0.05) is 36.4 Å². The van der Waals surface area contributed by atoms with Gasteiger partial charge in [0.15, 0.2) is 6.29 Å². The molecule has 0 saturated carbocycles. The number of aromatic amines is 1. The summed E-state index contributed by atoms with van der Waals surface area (Å²) in [6.07, 6.45) is 1.21. The molecule has 6 nitrogen and oxygen atoms in total. The zero-order valence-electron chi connectivity index (χ0n) is 16.0. The van der Waals surface area contributed by atoms with Crippen LogP contribution in [-0.2, 0) is 22.6 Å². The molecule has 0 saturated heterocycles. The van der Waals surface area contributed by atoms with Crippen molar-refractivity contribution in [1.29, 1.82) is 0 Å². The van der Waals surface area contributed by atoms with Gasteiger partial charge in [0.1, 0.15) is 5.56 Å². The summed E-state index contributed by atoms with van der Waals surface area (Å²) < 4.78 is 10.9. The number of fused-ring (bicyclic) bond motifs is 1. The molecular weight excluding hydrogens is 356 g/mol. The quantitative estimate of drug-likeness (QED) is 0.587. The van der Waals surface area contributed by atoms with E-state index in [1.165, 1.54) is 6.20 Å². The van der Waals surface area contributed by atoms with E-state index < -0.39 is 5.91 Å². The molecule has 0 aliphatic rings. The van der Waals surface area contributed by atoms with Crippen LogP contribution in [0.2, 0.25) is 0 Å². The maximum absolute atomic E-state index is 12.5. The Morgan fingerprint density at radius 1 is 1.07 bits per heavy atom. The van der Waals surface area contributed by atoms with Gasteiger partial charge < -0.3 is 19.8 Å². The first-order chi connectivity index (χ1) is 13.6. The van der Waals surface area contributed by atoms with Crippen molar-refractivity contribution in [3.8, 4) is 0 Å². The van der Waals surface area contributed by atoms with Gasteiger partial charge in [-0.15, -0.1) is 0 Å². The molecule has 0 bridgehead atoms. The highest BCUT2D eigenvalue weighted by Gasteiger charge is 2.12. The summed E-state index contributed by atoms with van der Waals surface area (Å²) in [7, 11) is 0. The summed E-state index contributed by atoms with van der Waals surface area (Å²) >= 11 is 0. The van der Waals surface area contributed by atoms with Crippen LogP contribution < -0.4 is 10.7 Å². The van der Waals surface area contributed by atoms with E-state index in [-0.39, 0.29) is 17.3 Å². The predicted molar refractivity (Wildman–Crippen MR) is 108 cm³/mol. The highest BCUT2D eigenvalue weighted by molar-refractivity contribution is 5.97. The predicted octanol–water partition coefficient (Wildman–Crippen LogP) is 3.36. The molecule has 146 valence electrons. The number of aromatic nitrogens is 1. The molecule has 1 aromatic heterocycles. The van der Waals surface area contributed by atoms with E-state index in [2.05, 4.69) is 10.3 Å². The molecule has 3 rings (SSSR count). The molecular formula is C22H24N2O4. The van der Waals surface area contributed by atoms with Crippen LogP contribution in [0.3, 0.4) is 0 Å². The molecule has 0 aliphatic carbocycles. The SMILES string of the molecule is CCOC(C)OCc1ccc(CNC(=O)c2c[nH]c3ccccc3c2=O)cc1. The van der Waals surface area contributed by atoms with Crippen LogP contribution in [0.25, 0.3) is 10.9 Å². The molecule has 28 heavy (non-hydrogen) atoms. The number of pyridine rings is 1. The van der Waals surface area contributed by atoms with E-state index in [1.807, 2.05) is 44.2 Å². The van der Waals surface area contributed by atoms with Gasteiger partial charge in [0.05, 0.1) is 6.61 Å². The minimum Gasteiger partial charge on any atom is -0.360 e. The van der Waals surface area contributed by atoms with Gasteiger partial charge in [-0.3, -0.25) is 9.59 Å². The van der Waals surface area contributed by atoms with E-state index in [0.29, 0.717) is 30.7 Å². The van der Waals surface area contributed by atoms with E-state index in [9.17, 15) is 9.59 Å². The number of hydrogen-bond donors (Lipinski definition) is 2. The summed E-state index contributed by atoms with van der Waals surface area (Å²) in [4.78, 5) is 27.9. The van der Waals surface area contributed by atoms with Crippen LogP contribution >= 0.6 is 0 Å². The van der Waals surface area contributed by atoms with E-state index in [1.54, 1.807) is 18.2 Å². The Labute approximate surface area is 163 Å². The monoisotopic (exact) mass is 380 g/mol. The fraction of sp³-hybridized carbons (Fsp3) is 0.273. The van der Waals surface area contributed by atoms with Crippen molar-refractivity contribution < 1.29 is 14.3 Å². The van der Waals surface area contributed by atoms with Crippen LogP contribution in [0.5, 0.6) is 0 Å². The first-order valence-corrected chi connectivity index (χ1v) is 9.28. The Balaban J connectivity index is 1.59. The zero-order chi connectivity index (χ0) is 19.9. The second-order valence-corrected chi connectivity index (χ2v) is 6.41. The third kappa shape index (κ3) is 4.85. The maximum atomic E-state index is 12.5. The Kier molecular flexibility index (Phi) is 6.57. The van der Waals surface area contributed by atoms with E-state index >= 15 is 0 Å². The average Bonchev–Trinajstić information content (AvgIpc) is 2.72. The van der Waals surface area contributed by atoms with Crippen molar-refractivity contribution in [3.63, 3.8) is 0 Å². The topological polar surface area (TPSA) is 80.4 Å². The highest BCUT2D eigenvalue weighted by atomic mass is 16.7. The maximum Gasteiger partial charge on any atom is 0.257 e. The summed E-state index contributed by atoms with van der Waals surface area (Å²) in [6, 6.07) is 14.9. The standard InChI is InChI=1S/C22H24N2O4/c1-3-27-15(2)28-14-17-10-8-16(9-11-17)12-24-22(26)19-13-23-20-7-5-4-6-18(20)21(19)25/h4-11,13,15H,3,12,14H2,1-2H3,(H,23,25)(H,24,26). The minimum atomic E-state index is -0.398. The molecule has 0 spiro atoms. The summed E-state index contributed by atoms with van der Waals surface area (Å²) in [6.45, 7) is 5.19. The number of rotatable bonds is 8.